The summed E-state index contributed by atoms with van der Waals surface area (Å²) in [6.07, 6.45) is 5.73. The molecule has 1 aliphatic carbocycles. The van der Waals surface area contributed by atoms with Gasteiger partial charge < -0.3 is 4.57 Å². The third-order valence-corrected chi connectivity index (χ3v) is 3.63. The van der Waals surface area contributed by atoms with Gasteiger partial charge in [0.25, 0.3) is 5.24 Å². The molecule has 1 fully saturated rings. The van der Waals surface area contributed by atoms with Gasteiger partial charge in [0.05, 0.1) is 28.3 Å². The van der Waals surface area contributed by atoms with Crippen molar-refractivity contribution in [3.8, 4) is 5.69 Å². The van der Waals surface area contributed by atoms with Crippen LogP contribution in [0.5, 0.6) is 0 Å². The number of hydrogen-bond donors (Lipinski definition) is 0. The van der Waals surface area contributed by atoms with Crippen molar-refractivity contribution >= 4 is 28.4 Å². The lowest BCUT2D eigenvalue weighted by Crippen LogP contribution is -2.00. The van der Waals surface area contributed by atoms with Crippen LogP contribution in [0.4, 0.5) is 4.39 Å². The van der Waals surface area contributed by atoms with E-state index in [9.17, 15) is 9.18 Å². The first-order valence-electron chi connectivity index (χ1n) is 5.79. The first-order chi connectivity index (χ1) is 9.06. The van der Waals surface area contributed by atoms with Crippen LogP contribution < -0.4 is 0 Å². The van der Waals surface area contributed by atoms with Crippen molar-refractivity contribution in [3.63, 3.8) is 0 Å². The van der Waals surface area contributed by atoms with Crippen LogP contribution in [-0.4, -0.2) is 14.8 Å². The van der Waals surface area contributed by atoms with Crippen LogP contribution in [0.1, 0.15) is 34.8 Å². The van der Waals surface area contributed by atoms with Crippen molar-refractivity contribution in [2.24, 2.45) is 0 Å². The van der Waals surface area contributed by atoms with Crippen molar-refractivity contribution in [1.82, 2.24) is 9.55 Å². The fraction of sp³-hybridized carbons (Fsp3) is 0.231. The van der Waals surface area contributed by atoms with Crippen LogP contribution in [0.2, 0.25) is 5.02 Å². The van der Waals surface area contributed by atoms with Gasteiger partial charge in [0.2, 0.25) is 0 Å². The van der Waals surface area contributed by atoms with Gasteiger partial charge in [-0.2, -0.15) is 0 Å². The monoisotopic (exact) mass is 298 g/mol. The zero-order chi connectivity index (χ0) is 13.6. The molecule has 1 heterocycles. The first kappa shape index (κ1) is 12.6. The number of rotatable bonds is 3. The van der Waals surface area contributed by atoms with Crippen LogP contribution in [-0.2, 0) is 0 Å². The van der Waals surface area contributed by atoms with E-state index in [1.54, 1.807) is 10.9 Å². The average Bonchev–Trinajstić information content (AvgIpc) is 3.08. The number of halogens is 3. The average molecular weight is 299 g/mol. The Morgan fingerprint density at radius 3 is 2.79 bits per heavy atom. The standard InChI is InChI=1S/C13H9Cl2FN2O/c14-9-4-10(16)8(13(15)19)3-12(9)18-5-11(17-6-18)7-1-2-7/h3-7H,1-2H2. The van der Waals surface area contributed by atoms with E-state index in [1.807, 2.05) is 6.20 Å². The molecule has 0 aliphatic heterocycles. The highest BCUT2D eigenvalue weighted by Crippen LogP contribution is 2.39. The quantitative estimate of drug-likeness (QED) is 0.805. The van der Waals surface area contributed by atoms with E-state index in [4.69, 9.17) is 23.2 Å². The predicted molar refractivity (Wildman–Crippen MR) is 70.7 cm³/mol. The maximum Gasteiger partial charge on any atom is 0.255 e. The Hall–Kier alpha value is -1.39. The van der Waals surface area contributed by atoms with Crippen LogP contribution in [0, 0.1) is 5.82 Å². The summed E-state index contributed by atoms with van der Waals surface area (Å²) in [7, 11) is 0. The fourth-order valence-corrected chi connectivity index (χ4v) is 2.34. The van der Waals surface area contributed by atoms with E-state index in [1.165, 1.54) is 6.07 Å². The van der Waals surface area contributed by atoms with Crippen molar-refractivity contribution in [2.45, 2.75) is 18.8 Å². The molecule has 0 radical (unpaired) electrons. The predicted octanol–water partition coefficient (Wildman–Crippen LogP) is 3.92. The van der Waals surface area contributed by atoms with Gasteiger partial charge in [-0.1, -0.05) is 11.6 Å². The second-order valence-corrected chi connectivity index (χ2v) is 5.29. The molecule has 6 heteroatoms. The molecule has 1 saturated carbocycles. The molecule has 0 amide bonds. The lowest BCUT2D eigenvalue weighted by molar-refractivity contribution is 0.107. The summed E-state index contributed by atoms with van der Waals surface area (Å²) < 4.78 is 15.2. The van der Waals surface area contributed by atoms with E-state index in [0.29, 0.717) is 11.6 Å². The molecule has 1 aliphatic rings. The summed E-state index contributed by atoms with van der Waals surface area (Å²) in [4.78, 5) is 15.4. The van der Waals surface area contributed by atoms with E-state index < -0.39 is 11.1 Å². The summed E-state index contributed by atoms with van der Waals surface area (Å²) in [5.74, 6) is -0.217. The van der Waals surface area contributed by atoms with Crippen molar-refractivity contribution < 1.29 is 9.18 Å². The summed E-state index contributed by atoms with van der Waals surface area (Å²) >= 11 is 11.3. The molecule has 2 aromatic rings. The van der Waals surface area contributed by atoms with Crippen molar-refractivity contribution in [3.05, 3.63) is 46.8 Å². The number of benzene rings is 1. The van der Waals surface area contributed by atoms with Gasteiger partial charge >= 0.3 is 0 Å². The molecule has 1 aromatic carbocycles. The number of nitrogens with zero attached hydrogens (tertiary/aromatic N) is 2. The maximum absolute atomic E-state index is 13.5. The van der Waals surface area contributed by atoms with Crippen LogP contribution >= 0.6 is 23.2 Å². The summed E-state index contributed by atoms with van der Waals surface area (Å²) in [5.41, 5.74) is 1.29. The normalized spacial score (nSPS) is 14.7. The zero-order valence-electron chi connectivity index (χ0n) is 9.74. The van der Waals surface area contributed by atoms with Crippen molar-refractivity contribution in [2.75, 3.05) is 0 Å². The minimum Gasteiger partial charge on any atom is -0.304 e. The molecule has 0 spiro atoms. The Morgan fingerprint density at radius 2 is 2.16 bits per heavy atom. The lowest BCUT2D eigenvalue weighted by Gasteiger charge is -2.07. The van der Waals surface area contributed by atoms with Gasteiger partial charge in [0, 0.05) is 12.1 Å². The molecular weight excluding hydrogens is 290 g/mol. The molecule has 98 valence electrons. The molecule has 0 N–H and O–H groups in total. The van der Waals surface area contributed by atoms with Crippen LogP contribution in [0.25, 0.3) is 5.69 Å². The van der Waals surface area contributed by atoms with E-state index >= 15 is 0 Å². The van der Waals surface area contributed by atoms with E-state index in [0.717, 1.165) is 24.6 Å². The Labute approximate surface area is 119 Å². The number of carbonyl (C=O) groups is 1. The molecule has 3 nitrogen and oxygen atoms in total. The van der Waals surface area contributed by atoms with E-state index in [2.05, 4.69) is 4.98 Å². The smallest absolute Gasteiger partial charge is 0.255 e. The molecule has 0 bridgehead atoms. The number of aromatic nitrogens is 2. The van der Waals surface area contributed by atoms with E-state index in [-0.39, 0.29) is 10.6 Å². The Kier molecular flexibility index (Phi) is 3.07. The number of hydrogen-bond acceptors (Lipinski definition) is 2. The van der Waals surface area contributed by atoms with Crippen LogP contribution in [0.3, 0.4) is 0 Å². The minimum absolute atomic E-state index is 0.192. The number of carbonyl (C=O) groups excluding carboxylic acids is 1. The van der Waals surface area contributed by atoms with Crippen molar-refractivity contribution in [1.29, 1.82) is 0 Å². The molecule has 3 rings (SSSR count). The lowest BCUT2D eigenvalue weighted by atomic mass is 10.2. The second-order valence-electron chi connectivity index (χ2n) is 4.54. The largest absolute Gasteiger partial charge is 0.304 e. The SMILES string of the molecule is O=C(Cl)c1cc(-n2cnc(C3CC3)c2)c(Cl)cc1F. The maximum atomic E-state index is 13.5. The van der Waals surface area contributed by atoms with Gasteiger partial charge in [-0.05, 0) is 36.6 Å². The third-order valence-electron chi connectivity index (χ3n) is 3.12. The highest BCUT2D eigenvalue weighted by Gasteiger charge is 2.26. The summed E-state index contributed by atoms with van der Waals surface area (Å²) in [6, 6.07) is 2.43. The molecule has 0 atom stereocenters. The Bertz CT molecular complexity index is 665. The van der Waals surface area contributed by atoms with Gasteiger partial charge in [0.15, 0.2) is 0 Å². The summed E-state index contributed by atoms with van der Waals surface area (Å²) in [5, 5.41) is -0.642. The fourth-order valence-electron chi connectivity index (χ4n) is 1.95. The highest BCUT2D eigenvalue weighted by molar-refractivity contribution is 6.67. The number of imidazole rings is 1. The third kappa shape index (κ3) is 2.38. The Morgan fingerprint density at radius 1 is 1.42 bits per heavy atom. The van der Waals surface area contributed by atoms with Crippen LogP contribution in [0.15, 0.2) is 24.7 Å². The molecule has 0 saturated heterocycles. The molecule has 19 heavy (non-hydrogen) atoms. The highest BCUT2D eigenvalue weighted by atomic mass is 35.5. The van der Waals surface area contributed by atoms with Gasteiger partial charge in [0.1, 0.15) is 5.82 Å². The van der Waals surface area contributed by atoms with Gasteiger partial charge in [-0.25, -0.2) is 9.37 Å². The minimum atomic E-state index is -0.849. The second kappa shape index (κ2) is 4.62. The topological polar surface area (TPSA) is 34.9 Å². The molecule has 0 unspecified atom stereocenters. The van der Waals surface area contributed by atoms with Gasteiger partial charge in [-0.15, -0.1) is 0 Å². The van der Waals surface area contributed by atoms with Gasteiger partial charge in [-0.3, -0.25) is 4.79 Å². The summed E-state index contributed by atoms with van der Waals surface area (Å²) in [6.45, 7) is 0. The molecule has 1 aromatic heterocycles. The zero-order valence-corrected chi connectivity index (χ0v) is 11.2. The Balaban J connectivity index is 2.07. The first-order valence-corrected chi connectivity index (χ1v) is 6.55. The molecular formula is C13H9Cl2FN2O.